The van der Waals surface area contributed by atoms with Crippen molar-refractivity contribution in [2.75, 3.05) is 6.54 Å². The van der Waals surface area contributed by atoms with Crippen molar-refractivity contribution in [2.24, 2.45) is 0 Å². The molecule has 12 heteroatoms. The lowest BCUT2D eigenvalue weighted by molar-refractivity contribution is -0.143. The highest BCUT2D eigenvalue weighted by Crippen LogP contribution is 2.08. The van der Waals surface area contributed by atoms with Crippen LogP contribution in [0.3, 0.4) is 0 Å². The van der Waals surface area contributed by atoms with Gasteiger partial charge in [0.15, 0.2) is 0 Å². The topological polar surface area (TPSA) is 186 Å². The second kappa shape index (κ2) is 12.8. The van der Waals surface area contributed by atoms with E-state index in [1.807, 2.05) is 0 Å². The van der Waals surface area contributed by atoms with E-state index in [4.69, 9.17) is 0 Å². The van der Waals surface area contributed by atoms with Gasteiger partial charge in [0, 0.05) is 24.7 Å². The summed E-state index contributed by atoms with van der Waals surface area (Å²) in [5, 5.41) is 30.5. The number of carboxylic acids is 1. The minimum atomic E-state index is -1.44. The number of amides is 3. The van der Waals surface area contributed by atoms with Gasteiger partial charge in [-0.25, -0.2) is 9.78 Å². The third-order valence-corrected chi connectivity index (χ3v) is 5.95. The summed E-state index contributed by atoms with van der Waals surface area (Å²) in [6, 6.07) is 4.57. The molecule has 12 nitrogen and oxygen atoms in total. The highest BCUT2D eigenvalue weighted by Gasteiger charge is 2.33. The quantitative estimate of drug-likeness (QED) is 0.191. The number of aromatic nitrogens is 2. The van der Waals surface area contributed by atoms with Crippen LogP contribution in [0, 0.1) is 0 Å². The third kappa shape index (κ3) is 7.62. The molecule has 1 aliphatic rings. The number of aliphatic hydroxyl groups excluding tert-OH is 1. The van der Waals surface area contributed by atoms with E-state index in [0.717, 1.165) is 6.42 Å². The van der Waals surface area contributed by atoms with E-state index in [0.29, 0.717) is 24.2 Å². The zero-order valence-corrected chi connectivity index (χ0v) is 19.9. The van der Waals surface area contributed by atoms with E-state index < -0.39 is 48.1 Å². The first-order valence-electron chi connectivity index (χ1n) is 11.8. The number of carbonyl (C=O) groups excluding carboxylic acids is 3. The molecule has 5 atom stereocenters. The number of aromatic amines is 1. The highest BCUT2D eigenvalue weighted by molar-refractivity contribution is 5.94. The van der Waals surface area contributed by atoms with Crippen molar-refractivity contribution in [1.82, 2.24) is 31.2 Å². The van der Waals surface area contributed by atoms with Gasteiger partial charge in [0.25, 0.3) is 0 Å². The normalized spacial score (nSPS) is 18.4. The first kappa shape index (κ1) is 26.8. The predicted octanol–water partition coefficient (Wildman–Crippen LogP) is -1.13. The van der Waals surface area contributed by atoms with Crippen molar-refractivity contribution >= 4 is 23.7 Å². The van der Waals surface area contributed by atoms with Gasteiger partial charge >= 0.3 is 5.97 Å². The largest absolute Gasteiger partial charge is 0.480 e. The number of hydrogen-bond acceptors (Lipinski definition) is 7. The highest BCUT2D eigenvalue weighted by atomic mass is 16.4. The lowest BCUT2D eigenvalue weighted by atomic mass is 10.0. The second-order valence-electron chi connectivity index (χ2n) is 8.81. The number of H-pyrrole nitrogens is 1. The fourth-order valence-corrected chi connectivity index (χ4v) is 3.98. The summed E-state index contributed by atoms with van der Waals surface area (Å²) in [6.07, 6.45) is 3.20. The molecule has 0 spiro atoms. The van der Waals surface area contributed by atoms with Gasteiger partial charge in [-0.15, -0.1) is 0 Å². The number of nitrogens with one attached hydrogen (secondary N) is 5. The molecule has 2 aromatic rings. The first-order chi connectivity index (χ1) is 17.2. The molecule has 3 rings (SSSR count). The van der Waals surface area contributed by atoms with Gasteiger partial charge in [0.2, 0.25) is 17.7 Å². The van der Waals surface area contributed by atoms with Crippen LogP contribution < -0.4 is 21.3 Å². The molecule has 5 unspecified atom stereocenters. The Morgan fingerprint density at radius 1 is 1.06 bits per heavy atom. The molecule has 1 aromatic heterocycles. The predicted molar refractivity (Wildman–Crippen MR) is 129 cm³/mol. The third-order valence-electron chi connectivity index (χ3n) is 5.95. The Labute approximate surface area is 208 Å². The minimum Gasteiger partial charge on any atom is -0.480 e. The van der Waals surface area contributed by atoms with Gasteiger partial charge < -0.3 is 36.5 Å². The summed E-state index contributed by atoms with van der Waals surface area (Å²) in [5.74, 6) is -3.16. The Hall–Kier alpha value is -3.77. The van der Waals surface area contributed by atoms with Crippen molar-refractivity contribution in [2.45, 2.75) is 62.9 Å². The number of aliphatic carboxylic acids is 1. The second-order valence-corrected chi connectivity index (χ2v) is 8.81. The van der Waals surface area contributed by atoms with Crippen LogP contribution in [0.25, 0.3) is 0 Å². The van der Waals surface area contributed by atoms with Crippen molar-refractivity contribution in [3.8, 4) is 0 Å². The molecular weight excluding hydrogens is 468 g/mol. The van der Waals surface area contributed by atoms with Crippen molar-refractivity contribution < 1.29 is 29.4 Å². The molecular formula is C24H32N6O6. The lowest BCUT2D eigenvalue weighted by Crippen LogP contribution is -2.60. The molecule has 2 heterocycles. The summed E-state index contributed by atoms with van der Waals surface area (Å²) in [6.45, 7) is 2.01. The van der Waals surface area contributed by atoms with Crippen LogP contribution >= 0.6 is 0 Å². The Morgan fingerprint density at radius 3 is 2.39 bits per heavy atom. The van der Waals surface area contributed by atoms with E-state index >= 15 is 0 Å². The summed E-state index contributed by atoms with van der Waals surface area (Å²) >= 11 is 0. The van der Waals surface area contributed by atoms with E-state index in [1.54, 1.807) is 30.3 Å². The number of imidazole rings is 1. The van der Waals surface area contributed by atoms with Gasteiger partial charge in [-0.3, -0.25) is 14.4 Å². The van der Waals surface area contributed by atoms with E-state index in [1.165, 1.54) is 19.4 Å². The van der Waals surface area contributed by atoms with Crippen LogP contribution in [0.4, 0.5) is 0 Å². The van der Waals surface area contributed by atoms with Gasteiger partial charge in [0.1, 0.15) is 18.1 Å². The van der Waals surface area contributed by atoms with Gasteiger partial charge in [-0.2, -0.15) is 0 Å². The van der Waals surface area contributed by atoms with Gasteiger partial charge in [-0.1, -0.05) is 30.3 Å². The maximum Gasteiger partial charge on any atom is 0.326 e. The summed E-state index contributed by atoms with van der Waals surface area (Å²) < 4.78 is 0. The van der Waals surface area contributed by atoms with Crippen LogP contribution in [-0.2, 0) is 32.0 Å². The number of carboxylic acid groups (broad SMARTS) is 1. The fraction of sp³-hybridized carbons (Fsp3) is 0.458. The number of rotatable bonds is 12. The molecule has 1 aliphatic heterocycles. The van der Waals surface area contributed by atoms with Crippen molar-refractivity contribution in [3.05, 3.63) is 54.1 Å². The molecule has 36 heavy (non-hydrogen) atoms. The maximum absolute atomic E-state index is 13.2. The molecule has 0 saturated carbocycles. The van der Waals surface area contributed by atoms with Gasteiger partial charge in [0.05, 0.1) is 18.5 Å². The Morgan fingerprint density at radius 2 is 1.81 bits per heavy atom. The molecule has 7 N–H and O–H groups in total. The number of nitrogens with zero attached hydrogens (tertiary/aromatic N) is 1. The number of aliphatic hydroxyl groups is 1. The minimum absolute atomic E-state index is 0.0231. The Bertz CT molecular complexity index is 1020. The fourth-order valence-electron chi connectivity index (χ4n) is 3.98. The number of carbonyl (C=O) groups is 4. The molecule has 0 bridgehead atoms. The van der Waals surface area contributed by atoms with Crippen LogP contribution in [0.2, 0.25) is 0 Å². The Kier molecular flexibility index (Phi) is 9.53. The smallest absolute Gasteiger partial charge is 0.326 e. The van der Waals surface area contributed by atoms with E-state index in [-0.39, 0.29) is 18.7 Å². The molecule has 0 radical (unpaired) electrons. The average Bonchev–Trinajstić information content (AvgIpc) is 3.56. The van der Waals surface area contributed by atoms with Crippen molar-refractivity contribution in [1.29, 1.82) is 0 Å². The standard InChI is InChI=1S/C24H32N6O6/c1-14(31)20(23(34)29-19(24(35)36)10-15-6-3-2-4-7-15)30-22(33)18(11-16-12-25-13-27-16)28-21(32)17-8-5-9-26-17/h2-4,6-7,12-14,17-20,26,31H,5,8-11H2,1H3,(H,25,27)(H,28,32)(H,29,34)(H,30,33)(H,35,36). The summed E-state index contributed by atoms with van der Waals surface area (Å²) in [4.78, 5) is 57.3. The summed E-state index contributed by atoms with van der Waals surface area (Å²) in [7, 11) is 0. The SMILES string of the molecule is CC(O)C(NC(=O)C(Cc1cnc[nH]1)NC(=O)C1CCCN1)C(=O)NC(Cc1ccccc1)C(=O)O. The maximum atomic E-state index is 13.2. The molecule has 1 saturated heterocycles. The molecule has 194 valence electrons. The number of hydrogen-bond donors (Lipinski definition) is 7. The van der Waals surface area contributed by atoms with Crippen LogP contribution in [0.1, 0.15) is 31.0 Å². The molecule has 3 amide bonds. The van der Waals surface area contributed by atoms with E-state index in [9.17, 15) is 29.4 Å². The van der Waals surface area contributed by atoms with Crippen LogP contribution in [-0.4, -0.2) is 80.7 Å². The first-order valence-corrected chi connectivity index (χ1v) is 11.8. The van der Waals surface area contributed by atoms with Crippen LogP contribution in [0.5, 0.6) is 0 Å². The molecule has 1 fully saturated rings. The Balaban J connectivity index is 1.70. The van der Waals surface area contributed by atoms with E-state index in [2.05, 4.69) is 31.2 Å². The zero-order valence-electron chi connectivity index (χ0n) is 19.9. The number of benzene rings is 1. The molecule has 0 aliphatic carbocycles. The monoisotopic (exact) mass is 500 g/mol. The average molecular weight is 501 g/mol. The van der Waals surface area contributed by atoms with Crippen molar-refractivity contribution in [3.63, 3.8) is 0 Å². The lowest BCUT2D eigenvalue weighted by Gasteiger charge is -2.26. The molecule has 1 aromatic carbocycles. The zero-order chi connectivity index (χ0) is 26.1. The summed E-state index contributed by atoms with van der Waals surface area (Å²) in [5.41, 5.74) is 1.28. The van der Waals surface area contributed by atoms with Crippen LogP contribution in [0.15, 0.2) is 42.9 Å². The van der Waals surface area contributed by atoms with Gasteiger partial charge in [-0.05, 0) is 31.9 Å².